The first-order valence-corrected chi connectivity index (χ1v) is 9.25. The normalized spacial score (nSPS) is 23.1. The maximum Gasteiger partial charge on any atom is 0.240 e. The average Bonchev–Trinajstić information content (AvgIpc) is 2.49. The van der Waals surface area contributed by atoms with Crippen LogP contribution < -0.4 is 4.72 Å². The summed E-state index contributed by atoms with van der Waals surface area (Å²) in [5.41, 5.74) is 0.615. The molecule has 5 heteroatoms. The Morgan fingerprint density at radius 2 is 1.95 bits per heavy atom. The van der Waals surface area contributed by atoms with Crippen LogP contribution in [0.4, 0.5) is 0 Å². The van der Waals surface area contributed by atoms with Crippen molar-refractivity contribution in [3.8, 4) is 0 Å². The summed E-state index contributed by atoms with van der Waals surface area (Å²) >= 11 is 0. The van der Waals surface area contributed by atoms with E-state index in [0.717, 1.165) is 31.6 Å². The number of rotatable bonds is 6. The van der Waals surface area contributed by atoms with Gasteiger partial charge in [0.15, 0.2) is 0 Å². The lowest BCUT2D eigenvalue weighted by molar-refractivity contribution is 0.281. The second kappa shape index (κ2) is 7.38. The first-order chi connectivity index (χ1) is 10.0. The van der Waals surface area contributed by atoms with Crippen molar-refractivity contribution in [1.29, 1.82) is 0 Å². The van der Waals surface area contributed by atoms with E-state index < -0.39 is 10.0 Å². The van der Waals surface area contributed by atoms with E-state index in [0.29, 0.717) is 5.56 Å². The van der Waals surface area contributed by atoms with Crippen LogP contribution in [0.25, 0.3) is 0 Å². The SMILES string of the molecule is CCCC1CCC(NS(=O)(=O)c2cccc(CO)c2)CC1. The molecule has 1 aliphatic carbocycles. The van der Waals surface area contributed by atoms with Gasteiger partial charge in [0.25, 0.3) is 0 Å². The van der Waals surface area contributed by atoms with Crippen molar-refractivity contribution in [2.45, 2.75) is 63.0 Å². The van der Waals surface area contributed by atoms with E-state index in [-0.39, 0.29) is 17.5 Å². The highest BCUT2D eigenvalue weighted by Gasteiger charge is 2.25. The Balaban J connectivity index is 1.98. The average molecular weight is 311 g/mol. The van der Waals surface area contributed by atoms with Crippen LogP contribution in [-0.2, 0) is 16.6 Å². The number of aliphatic hydroxyl groups excluding tert-OH is 1. The fraction of sp³-hybridized carbons (Fsp3) is 0.625. The first-order valence-electron chi connectivity index (χ1n) is 7.77. The summed E-state index contributed by atoms with van der Waals surface area (Å²) in [5, 5.41) is 9.11. The van der Waals surface area contributed by atoms with E-state index in [1.807, 2.05) is 0 Å². The zero-order chi connectivity index (χ0) is 15.3. The molecule has 118 valence electrons. The fourth-order valence-corrected chi connectivity index (χ4v) is 4.45. The zero-order valence-electron chi connectivity index (χ0n) is 12.6. The Hall–Kier alpha value is -0.910. The minimum absolute atomic E-state index is 0.0425. The number of benzene rings is 1. The number of sulfonamides is 1. The molecule has 1 aliphatic rings. The van der Waals surface area contributed by atoms with Crippen molar-refractivity contribution in [3.63, 3.8) is 0 Å². The molecule has 0 saturated heterocycles. The monoisotopic (exact) mass is 311 g/mol. The van der Waals surface area contributed by atoms with E-state index in [4.69, 9.17) is 5.11 Å². The van der Waals surface area contributed by atoms with E-state index in [2.05, 4.69) is 11.6 Å². The van der Waals surface area contributed by atoms with Gasteiger partial charge in [0.2, 0.25) is 10.0 Å². The summed E-state index contributed by atoms with van der Waals surface area (Å²) < 4.78 is 27.6. The van der Waals surface area contributed by atoms with Gasteiger partial charge in [-0.2, -0.15) is 0 Å². The molecule has 0 radical (unpaired) electrons. The van der Waals surface area contributed by atoms with Gasteiger partial charge in [-0.05, 0) is 49.3 Å². The van der Waals surface area contributed by atoms with Gasteiger partial charge in [0.1, 0.15) is 0 Å². The molecule has 1 aromatic rings. The number of aliphatic hydroxyl groups is 1. The van der Waals surface area contributed by atoms with E-state index in [1.54, 1.807) is 18.2 Å². The van der Waals surface area contributed by atoms with Gasteiger partial charge in [-0.3, -0.25) is 0 Å². The molecule has 0 aliphatic heterocycles. The Labute approximate surface area is 127 Å². The molecule has 21 heavy (non-hydrogen) atoms. The molecule has 0 aromatic heterocycles. The summed E-state index contributed by atoms with van der Waals surface area (Å²) in [5.74, 6) is 0.758. The van der Waals surface area contributed by atoms with Crippen molar-refractivity contribution in [1.82, 2.24) is 4.72 Å². The van der Waals surface area contributed by atoms with Gasteiger partial charge >= 0.3 is 0 Å². The Bertz CT molecular complexity index is 548. The lowest BCUT2D eigenvalue weighted by Crippen LogP contribution is -2.37. The van der Waals surface area contributed by atoms with Crippen LogP contribution in [0.2, 0.25) is 0 Å². The number of hydrogen-bond donors (Lipinski definition) is 2. The Morgan fingerprint density at radius 3 is 2.57 bits per heavy atom. The van der Waals surface area contributed by atoms with Crippen molar-refractivity contribution in [3.05, 3.63) is 29.8 Å². The maximum absolute atomic E-state index is 12.4. The van der Waals surface area contributed by atoms with E-state index in [1.165, 1.54) is 18.9 Å². The van der Waals surface area contributed by atoms with Crippen LogP contribution in [0.5, 0.6) is 0 Å². The second-order valence-corrected chi connectivity index (χ2v) is 7.65. The maximum atomic E-state index is 12.4. The van der Waals surface area contributed by atoms with Gasteiger partial charge in [0.05, 0.1) is 11.5 Å². The Morgan fingerprint density at radius 1 is 1.24 bits per heavy atom. The summed E-state index contributed by atoms with van der Waals surface area (Å²) in [6, 6.07) is 6.53. The lowest BCUT2D eigenvalue weighted by atomic mass is 9.84. The largest absolute Gasteiger partial charge is 0.392 e. The molecular weight excluding hydrogens is 286 g/mol. The minimum Gasteiger partial charge on any atom is -0.392 e. The smallest absolute Gasteiger partial charge is 0.240 e. The van der Waals surface area contributed by atoms with Crippen LogP contribution in [-0.4, -0.2) is 19.6 Å². The predicted molar refractivity (Wildman–Crippen MR) is 83.3 cm³/mol. The third-order valence-electron chi connectivity index (χ3n) is 4.26. The number of nitrogens with one attached hydrogen (secondary N) is 1. The second-order valence-electron chi connectivity index (χ2n) is 5.93. The van der Waals surface area contributed by atoms with Gasteiger partial charge in [-0.15, -0.1) is 0 Å². The lowest BCUT2D eigenvalue weighted by Gasteiger charge is -2.28. The van der Waals surface area contributed by atoms with Gasteiger partial charge in [-0.1, -0.05) is 31.9 Å². The van der Waals surface area contributed by atoms with Crippen LogP contribution >= 0.6 is 0 Å². The molecule has 1 aromatic carbocycles. The molecular formula is C16H25NO3S. The highest BCUT2D eigenvalue weighted by molar-refractivity contribution is 7.89. The van der Waals surface area contributed by atoms with Crippen LogP contribution in [0.15, 0.2) is 29.2 Å². The molecule has 2 rings (SSSR count). The highest BCUT2D eigenvalue weighted by Crippen LogP contribution is 2.28. The summed E-state index contributed by atoms with van der Waals surface area (Å²) in [6.45, 7) is 2.05. The molecule has 0 atom stereocenters. The molecule has 4 nitrogen and oxygen atoms in total. The summed E-state index contributed by atoms with van der Waals surface area (Å²) in [6.07, 6.45) is 6.51. The third kappa shape index (κ3) is 4.53. The Kier molecular flexibility index (Phi) is 5.79. The molecule has 2 N–H and O–H groups in total. The van der Waals surface area contributed by atoms with Crippen molar-refractivity contribution >= 4 is 10.0 Å². The highest BCUT2D eigenvalue weighted by atomic mass is 32.2. The van der Waals surface area contributed by atoms with Gasteiger partial charge < -0.3 is 5.11 Å². The van der Waals surface area contributed by atoms with Crippen molar-refractivity contribution < 1.29 is 13.5 Å². The predicted octanol–water partition coefficient (Wildman–Crippen LogP) is 2.82. The van der Waals surface area contributed by atoms with Crippen molar-refractivity contribution in [2.24, 2.45) is 5.92 Å². The molecule has 1 fully saturated rings. The van der Waals surface area contributed by atoms with Crippen molar-refractivity contribution in [2.75, 3.05) is 0 Å². The van der Waals surface area contributed by atoms with E-state index >= 15 is 0 Å². The summed E-state index contributed by atoms with van der Waals surface area (Å²) in [4.78, 5) is 0.240. The minimum atomic E-state index is -3.48. The third-order valence-corrected chi connectivity index (χ3v) is 5.77. The fourth-order valence-electron chi connectivity index (χ4n) is 3.08. The van der Waals surface area contributed by atoms with Crippen LogP contribution in [0.1, 0.15) is 51.0 Å². The van der Waals surface area contributed by atoms with Gasteiger partial charge in [-0.25, -0.2) is 13.1 Å². The first kappa shape index (κ1) is 16.5. The molecule has 1 saturated carbocycles. The molecule has 0 bridgehead atoms. The molecule has 0 unspecified atom stereocenters. The quantitative estimate of drug-likeness (QED) is 0.849. The number of hydrogen-bond acceptors (Lipinski definition) is 3. The van der Waals surface area contributed by atoms with Crippen LogP contribution in [0.3, 0.4) is 0 Å². The zero-order valence-corrected chi connectivity index (χ0v) is 13.4. The topological polar surface area (TPSA) is 66.4 Å². The van der Waals surface area contributed by atoms with Crippen LogP contribution in [0, 0.1) is 5.92 Å². The molecule has 0 spiro atoms. The summed E-state index contributed by atoms with van der Waals surface area (Å²) in [7, 11) is -3.48. The standard InChI is InChI=1S/C16H25NO3S/c1-2-4-13-7-9-15(10-8-13)17-21(19,20)16-6-3-5-14(11-16)12-18/h3,5-6,11,13,15,17-18H,2,4,7-10,12H2,1H3. The molecule has 0 amide bonds. The van der Waals surface area contributed by atoms with Gasteiger partial charge in [0, 0.05) is 6.04 Å². The van der Waals surface area contributed by atoms with E-state index in [9.17, 15) is 8.42 Å². The molecule has 0 heterocycles.